The number of halogens is 2. The lowest BCUT2D eigenvalue weighted by Gasteiger charge is -2.08. The van der Waals surface area contributed by atoms with Crippen molar-refractivity contribution in [2.75, 3.05) is 6.26 Å². The summed E-state index contributed by atoms with van der Waals surface area (Å²) in [5.74, 6) is -0.824. The van der Waals surface area contributed by atoms with Crippen molar-refractivity contribution in [1.82, 2.24) is 39.8 Å². The minimum absolute atomic E-state index is 0.0628. The van der Waals surface area contributed by atoms with Gasteiger partial charge < -0.3 is 4.98 Å². The number of rotatable bonds is 6. The van der Waals surface area contributed by atoms with Gasteiger partial charge in [0.1, 0.15) is 23.5 Å². The molecule has 0 saturated heterocycles. The number of hydrogen-bond acceptors (Lipinski definition) is 7. The SMILES string of the molecule is CS(=O)(=O)NCc1cc(F)cc(-c2cccc3[nH]c(-c4n[nH]c5cnc(-c6cncnc6)c(F)c45)nc23)c1. The number of nitrogens with zero attached hydrogens (tertiary/aromatic N) is 5. The zero-order valence-corrected chi connectivity index (χ0v) is 20.5. The molecule has 6 rings (SSSR count). The quantitative estimate of drug-likeness (QED) is 0.295. The zero-order chi connectivity index (χ0) is 26.4. The summed E-state index contributed by atoms with van der Waals surface area (Å²) in [6.45, 7) is -0.0628. The third-order valence-corrected chi connectivity index (χ3v) is 6.59. The molecule has 6 aromatic rings. The second-order valence-corrected chi connectivity index (χ2v) is 10.5. The molecule has 0 bridgehead atoms. The van der Waals surface area contributed by atoms with Gasteiger partial charge in [0.05, 0.1) is 34.4 Å². The third kappa shape index (κ3) is 4.37. The molecule has 38 heavy (non-hydrogen) atoms. The van der Waals surface area contributed by atoms with E-state index in [4.69, 9.17) is 0 Å². The van der Waals surface area contributed by atoms with E-state index in [-0.39, 0.29) is 23.3 Å². The average Bonchev–Trinajstić information content (AvgIpc) is 3.52. The summed E-state index contributed by atoms with van der Waals surface area (Å²) in [5.41, 5.74) is 3.82. The van der Waals surface area contributed by atoms with Crippen molar-refractivity contribution in [2.24, 2.45) is 0 Å². The first-order valence-corrected chi connectivity index (χ1v) is 13.2. The molecule has 0 saturated carbocycles. The molecule has 0 atom stereocenters. The van der Waals surface area contributed by atoms with Gasteiger partial charge in [-0.1, -0.05) is 12.1 Å². The first-order valence-electron chi connectivity index (χ1n) is 11.3. The number of pyridine rings is 1. The van der Waals surface area contributed by atoms with Gasteiger partial charge in [-0.3, -0.25) is 10.1 Å². The summed E-state index contributed by atoms with van der Waals surface area (Å²) in [5, 5.41) is 7.26. The van der Waals surface area contributed by atoms with Crippen LogP contribution in [-0.4, -0.2) is 49.8 Å². The molecule has 4 heterocycles. The van der Waals surface area contributed by atoms with E-state index < -0.39 is 21.7 Å². The maximum atomic E-state index is 15.7. The molecule has 0 unspecified atom stereocenters. The summed E-state index contributed by atoms with van der Waals surface area (Å²) in [6.07, 6.45) is 6.79. The Morgan fingerprint density at radius 3 is 2.58 bits per heavy atom. The maximum Gasteiger partial charge on any atom is 0.209 e. The lowest BCUT2D eigenvalue weighted by molar-refractivity contribution is 0.586. The van der Waals surface area contributed by atoms with Crippen molar-refractivity contribution in [2.45, 2.75) is 6.54 Å². The highest BCUT2D eigenvalue weighted by atomic mass is 32.2. The Bertz CT molecular complexity index is 1940. The third-order valence-electron chi connectivity index (χ3n) is 5.92. The van der Waals surface area contributed by atoms with Crippen LogP contribution >= 0.6 is 0 Å². The Morgan fingerprint density at radius 1 is 0.974 bits per heavy atom. The number of H-pyrrole nitrogens is 2. The minimum Gasteiger partial charge on any atom is -0.337 e. The molecule has 0 spiro atoms. The standard InChI is InChI=1S/C25H18F2N8O2S/c1-38(36,37)31-8-13-5-14(7-16(26)6-13)17-3-2-4-18-23(17)33-25(32-18)24-20-19(34-35-24)11-30-22(21(20)27)15-9-28-12-29-10-15/h2-7,9-12,31H,8H2,1H3,(H,32,33)(H,34,35). The highest BCUT2D eigenvalue weighted by Crippen LogP contribution is 2.34. The second kappa shape index (κ2) is 9.04. The van der Waals surface area contributed by atoms with Gasteiger partial charge >= 0.3 is 0 Å². The number of aromatic nitrogens is 7. The van der Waals surface area contributed by atoms with Crippen LogP contribution in [0, 0.1) is 11.6 Å². The van der Waals surface area contributed by atoms with E-state index in [1.165, 1.54) is 37.1 Å². The number of para-hydroxylation sites is 1. The summed E-state index contributed by atoms with van der Waals surface area (Å²) in [6, 6.07) is 9.64. The predicted molar refractivity (Wildman–Crippen MR) is 137 cm³/mol. The van der Waals surface area contributed by atoms with Gasteiger partial charge in [0, 0.05) is 30.1 Å². The molecule has 0 aliphatic rings. The average molecular weight is 533 g/mol. The van der Waals surface area contributed by atoms with Crippen LogP contribution in [0.1, 0.15) is 5.56 Å². The van der Waals surface area contributed by atoms with Crippen molar-refractivity contribution >= 4 is 32.0 Å². The summed E-state index contributed by atoms with van der Waals surface area (Å²) >= 11 is 0. The lowest BCUT2D eigenvalue weighted by Crippen LogP contribution is -2.21. The van der Waals surface area contributed by atoms with E-state index in [0.29, 0.717) is 44.6 Å². The Labute approximate surface area is 214 Å². The van der Waals surface area contributed by atoms with Gasteiger partial charge in [-0.15, -0.1) is 0 Å². The molecule has 190 valence electrons. The van der Waals surface area contributed by atoms with E-state index in [9.17, 15) is 12.8 Å². The number of imidazole rings is 1. The van der Waals surface area contributed by atoms with E-state index in [2.05, 4.69) is 39.8 Å². The van der Waals surface area contributed by atoms with E-state index >= 15 is 4.39 Å². The van der Waals surface area contributed by atoms with Crippen LogP contribution in [0.15, 0.2) is 61.3 Å². The van der Waals surface area contributed by atoms with Crippen LogP contribution in [0.2, 0.25) is 0 Å². The maximum absolute atomic E-state index is 15.7. The van der Waals surface area contributed by atoms with Gasteiger partial charge in [0.25, 0.3) is 0 Å². The Balaban J connectivity index is 1.46. The Hall–Kier alpha value is -4.62. The normalized spacial score (nSPS) is 12.0. The largest absolute Gasteiger partial charge is 0.337 e. The monoisotopic (exact) mass is 532 g/mol. The van der Waals surface area contributed by atoms with E-state index in [1.54, 1.807) is 24.3 Å². The number of nitrogens with one attached hydrogen (secondary N) is 3. The molecular weight excluding hydrogens is 514 g/mol. The lowest BCUT2D eigenvalue weighted by atomic mass is 10.0. The van der Waals surface area contributed by atoms with Crippen molar-refractivity contribution in [3.05, 3.63) is 78.5 Å². The van der Waals surface area contributed by atoms with Crippen molar-refractivity contribution < 1.29 is 17.2 Å². The molecule has 0 fully saturated rings. The van der Waals surface area contributed by atoms with Crippen LogP contribution in [0.5, 0.6) is 0 Å². The molecular formula is C25H18F2N8O2S. The first-order chi connectivity index (χ1) is 18.3. The molecule has 2 aromatic carbocycles. The molecule has 0 radical (unpaired) electrons. The van der Waals surface area contributed by atoms with Crippen LogP contribution < -0.4 is 4.72 Å². The number of aromatic amines is 2. The fourth-order valence-electron chi connectivity index (χ4n) is 4.27. The summed E-state index contributed by atoms with van der Waals surface area (Å²) < 4.78 is 55.5. The van der Waals surface area contributed by atoms with Gasteiger partial charge in [0.2, 0.25) is 10.0 Å². The fourth-order valence-corrected chi connectivity index (χ4v) is 4.70. The molecule has 13 heteroatoms. The van der Waals surface area contributed by atoms with E-state index in [0.717, 1.165) is 6.26 Å². The summed E-state index contributed by atoms with van der Waals surface area (Å²) in [7, 11) is -3.45. The molecule has 4 aromatic heterocycles. The van der Waals surface area contributed by atoms with Crippen LogP contribution in [-0.2, 0) is 16.6 Å². The fraction of sp³-hybridized carbons (Fsp3) is 0.0800. The van der Waals surface area contributed by atoms with Crippen LogP contribution in [0.25, 0.3) is 55.8 Å². The van der Waals surface area contributed by atoms with E-state index in [1.807, 2.05) is 0 Å². The summed E-state index contributed by atoms with van der Waals surface area (Å²) in [4.78, 5) is 19.9. The number of benzene rings is 2. The van der Waals surface area contributed by atoms with Gasteiger partial charge in [-0.05, 0) is 35.4 Å². The van der Waals surface area contributed by atoms with Crippen molar-refractivity contribution in [3.63, 3.8) is 0 Å². The first kappa shape index (κ1) is 23.8. The van der Waals surface area contributed by atoms with Crippen molar-refractivity contribution in [3.8, 4) is 33.9 Å². The Morgan fingerprint density at radius 2 is 1.79 bits per heavy atom. The number of hydrogen-bond donors (Lipinski definition) is 3. The number of sulfonamides is 1. The van der Waals surface area contributed by atoms with Crippen LogP contribution in [0.3, 0.4) is 0 Å². The molecule has 0 amide bonds. The molecule has 3 N–H and O–H groups in total. The highest BCUT2D eigenvalue weighted by Gasteiger charge is 2.21. The predicted octanol–water partition coefficient (Wildman–Crippen LogP) is 3.95. The smallest absolute Gasteiger partial charge is 0.209 e. The molecule has 10 nitrogen and oxygen atoms in total. The van der Waals surface area contributed by atoms with Gasteiger partial charge in [-0.2, -0.15) is 5.10 Å². The minimum atomic E-state index is -3.45. The highest BCUT2D eigenvalue weighted by molar-refractivity contribution is 7.88. The molecule has 0 aliphatic carbocycles. The topological polar surface area (TPSA) is 142 Å². The zero-order valence-electron chi connectivity index (χ0n) is 19.7. The number of fused-ring (bicyclic) bond motifs is 2. The van der Waals surface area contributed by atoms with Crippen LogP contribution in [0.4, 0.5) is 8.78 Å². The van der Waals surface area contributed by atoms with Gasteiger partial charge in [-0.25, -0.2) is 36.9 Å². The molecule has 0 aliphatic heterocycles. The Kier molecular flexibility index (Phi) is 5.65. The van der Waals surface area contributed by atoms with Gasteiger partial charge in [0.15, 0.2) is 11.6 Å². The second-order valence-electron chi connectivity index (χ2n) is 8.64. The van der Waals surface area contributed by atoms with Crippen molar-refractivity contribution in [1.29, 1.82) is 0 Å².